The quantitative estimate of drug-likeness (QED) is 0.761. The third-order valence-corrected chi connectivity index (χ3v) is 3.31. The van der Waals surface area contributed by atoms with E-state index in [4.69, 9.17) is 9.84 Å². The van der Waals surface area contributed by atoms with Gasteiger partial charge in [-0.05, 0) is 36.5 Å². The van der Waals surface area contributed by atoms with Crippen LogP contribution in [0.15, 0.2) is 6.07 Å². The highest BCUT2D eigenvalue weighted by molar-refractivity contribution is 5.87. The summed E-state index contributed by atoms with van der Waals surface area (Å²) in [5.74, 6) is 0.865. The van der Waals surface area contributed by atoms with E-state index in [1.54, 1.807) is 0 Å². The Bertz CT molecular complexity index is 436. The molecule has 1 heterocycles. The van der Waals surface area contributed by atoms with Crippen LogP contribution in [0.25, 0.3) is 0 Å². The lowest BCUT2D eigenvalue weighted by Gasteiger charge is -2.12. The first kappa shape index (κ1) is 9.51. The number of aryl methyl sites for hydroxylation is 1. The second-order valence-corrected chi connectivity index (χ2v) is 4.25. The molecule has 0 bridgehead atoms. The molecule has 0 unspecified atom stereocenters. The van der Waals surface area contributed by atoms with Gasteiger partial charge in [0.05, 0.1) is 12.3 Å². The molecular weight excluding hydrogens is 206 g/mol. The fourth-order valence-electron chi connectivity index (χ4n) is 2.66. The van der Waals surface area contributed by atoms with Gasteiger partial charge in [0.1, 0.15) is 5.75 Å². The van der Waals surface area contributed by atoms with Crippen LogP contribution < -0.4 is 10.1 Å². The molecule has 0 saturated carbocycles. The molecule has 1 aromatic rings. The van der Waals surface area contributed by atoms with Crippen molar-refractivity contribution in [3.05, 3.63) is 22.8 Å². The molecule has 0 radical (unpaired) electrons. The molecule has 2 aliphatic rings. The smallest absolute Gasteiger partial charge is 0.409 e. The van der Waals surface area contributed by atoms with Gasteiger partial charge in [0.15, 0.2) is 0 Å². The predicted octanol–water partition coefficient (Wildman–Crippen LogP) is 2.20. The van der Waals surface area contributed by atoms with Gasteiger partial charge in [-0.3, -0.25) is 5.32 Å². The molecule has 1 aromatic carbocycles. The van der Waals surface area contributed by atoms with Gasteiger partial charge in [-0.2, -0.15) is 0 Å². The Morgan fingerprint density at radius 3 is 3.00 bits per heavy atom. The Morgan fingerprint density at radius 2 is 2.19 bits per heavy atom. The van der Waals surface area contributed by atoms with Gasteiger partial charge in [-0.1, -0.05) is 0 Å². The number of nitrogens with one attached hydrogen (secondary N) is 1. The summed E-state index contributed by atoms with van der Waals surface area (Å²) in [5, 5.41) is 11.4. The van der Waals surface area contributed by atoms with E-state index in [0.717, 1.165) is 42.7 Å². The van der Waals surface area contributed by atoms with Crippen molar-refractivity contribution in [2.75, 3.05) is 11.9 Å². The summed E-state index contributed by atoms with van der Waals surface area (Å²) in [6.45, 7) is 0.659. The summed E-state index contributed by atoms with van der Waals surface area (Å²) in [6.07, 6.45) is 2.91. The lowest BCUT2D eigenvalue weighted by Crippen LogP contribution is -2.11. The summed E-state index contributed by atoms with van der Waals surface area (Å²) in [6, 6.07) is 2.08. The Kier molecular flexibility index (Phi) is 2.02. The van der Waals surface area contributed by atoms with Gasteiger partial charge in [0.25, 0.3) is 0 Å². The van der Waals surface area contributed by atoms with Crippen LogP contribution in [0.4, 0.5) is 10.5 Å². The van der Waals surface area contributed by atoms with Crippen LogP contribution in [0.3, 0.4) is 0 Å². The maximum absolute atomic E-state index is 10.8. The van der Waals surface area contributed by atoms with Crippen LogP contribution in [-0.2, 0) is 19.3 Å². The number of rotatable bonds is 1. The van der Waals surface area contributed by atoms with Crippen LogP contribution in [0.1, 0.15) is 23.1 Å². The molecule has 4 heteroatoms. The number of carboxylic acid groups (broad SMARTS) is 1. The van der Waals surface area contributed by atoms with Gasteiger partial charge in [-0.25, -0.2) is 4.79 Å². The molecule has 1 aliphatic heterocycles. The zero-order valence-electron chi connectivity index (χ0n) is 8.88. The van der Waals surface area contributed by atoms with Crippen LogP contribution in [-0.4, -0.2) is 17.8 Å². The first-order chi connectivity index (χ1) is 7.75. The summed E-state index contributed by atoms with van der Waals surface area (Å²) in [5.41, 5.74) is 4.23. The molecule has 3 rings (SSSR count). The summed E-state index contributed by atoms with van der Waals surface area (Å²) in [4.78, 5) is 10.8. The molecule has 0 fully saturated rings. The average molecular weight is 219 g/mol. The monoisotopic (exact) mass is 219 g/mol. The lowest BCUT2D eigenvalue weighted by molar-refractivity contribution is 0.209. The Balaban J connectivity index is 2.15. The van der Waals surface area contributed by atoms with Gasteiger partial charge in [0, 0.05) is 12.0 Å². The van der Waals surface area contributed by atoms with Crippen molar-refractivity contribution in [1.82, 2.24) is 0 Å². The number of ether oxygens (including phenoxy) is 1. The highest BCUT2D eigenvalue weighted by atomic mass is 16.5. The highest BCUT2D eigenvalue weighted by Gasteiger charge is 2.25. The molecule has 84 valence electrons. The average Bonchev–Trinajstić information content (AvgIpc) is 2.83. The van der Waals surface area contributed by atoms with E-state index >= 15 is 0 Å². The predicted molar refractivity (Wildman–Crippen MR) is 59.3 cm³/mol. The Labute approximate surface area is 93.2 Å². The number of hydrogen-bond acceptors (Lipinski definition) is 2. The van der Waals surface area contributed by atoms with Crippen molar-refractivity contribution in [3.8, 4) is 5.75 Å². The summed E-state index contributed by atoms with van der Waals surface area (Å²) < 4.78 is 5.51. The topological polar surface area (TPSA) is 58.6 Å². The summed E-state index contributed by atoms with van der Waals surface area (Å²) in [7, 11) is 0. The fourth-order valence-corrected chi connectivity index (χ4v) is 2.66. The Morgan fingerprint density at radius 1 is 1.31 bits per heavy atom. The van der Waals surface area contributed by atoms with Crippen LogP contribution in [0, 0.1) is 0 Å². The van der Waals surface area contributed by atoms with Crippen molar-refractivity contribution in [2.24, 2.45) is 0 Å². The largest absolute Gasteiger partial charge is 0.493 e. The third kappa shape index (κ3) is 1.33. The molecule has 0 spiro atoms. The molecule has 0 saturated heterocycles. The molecule has 16 heavy (non-hydrogen) atoms. The van der Waals surface area contributed by atoms with E-state index in [9.17, 15) is 4.79 Å². The maximum atomic E-state index is 10.8. The minimum absolute atomic E-state index is 0.659. The second kappa shape index (κ2) is 3.40. The number of carbonyl (C=O) groups is 1. The number of anilines is 1. The molecule has 2 N–H and O–H groups in total. The minimum Gasteiger partial charge on any atom is -0.493 e. The molecule has 0 aromatic heterocycles. The van der Waals surface area contributed by atoms with E-state index < -0.39 is 6.09 Å². The van der Waals surface area contributed by atoms with Gasteiger partial charge in [0.2, 0.25) is 0 Å². The third-order valence-electron chi connectivity index (χ3n) is 3.31. The van der Waals surface area contributed by atoms with Crippen LogP contribution in [0.2, 0.25) is 0 Å². The Hall–Kier alpha value is -1.71. The van der Waals surface area contributed by atoms with E-state index in [0.29, 0.717) is 6.61 Å². The van der Waals surface area contributed by atoms with Crippen molar-refractivity contribution in [1.29, 1.82) is 0 Å². The van der Waals surface area contributed by atoms with E-state index in [2.05, 4.69) is 11.4 Å². The zero-order chi connectivity index (χ0) is 11.1. The van der Waals surface area contributed by atoms with Crippen molar-refractivity contribution >= 4 is 11.8 Å². The van der Waals surface area contributed by atoms with Crippen LogP contribution >= 0.6 is 0 Å². The second-order valence-electron chi connectivity index (χ2n) is 4.25. The first-order valence-corrected chi connectivity index (χ1v) is 5.56. The minimum atomic E-state index is -0.991. The zero-order valence-corrected chi connectivity index (χ0v) is 8.88. The SMILES string of the molecule is O=C(O)Nc1c2c(cc3c1CCO3)CCC2. The summed E-state index contributed by atoms with van der Waals surface area (Å²) >= 11 is 0. The van der Waals surface area contributed by atoms with Crippen molar-refractivity contribution in [2.45, 2.75) is 25.7 Å². The number of amides is 1. The van der Waals surface area contributed by atoms with Crippen molar-refractivity contribution < 1.29 is 14.6 Å². The maximum Gasteiger partial charge on any atom is 0.409 e. The van der Waals surface area contributed by atoms with Gasteiger partial charge in [-0.15, -0.1) is 0 Å². The van der Waals surface area contributed by atoms with E-state index in [-0.39, 0.29) is 0 Å². The number of hydrogen-bond donors (Lipinski definition) is 2. The molecule has 1 aliphatic carbocycles. The van der Waals surface area contributed by atoms with Crippen LogP contribution in [0.5, 0.6) is 5.75 Å². The van der Waals surface area contributed by atoms with E-state index in [1.807, 2.05) is 0 Å². The number of fused-ring (bicyclic) bond motifs is 2. The number of benzene rings is 1. The lowest BCUT2D eigenvalue weighted by atomic mass is 10.0. The molecule has 1 amide bonds. The van der Waals surface area contributed by atoms with Crippen molar-refractivity contribution in [3.63, 3.8) is 0 Å². The standard InChI is InChI=1S/C12H13NO3/c14-12(15)13-11-8-3-1-2-7(8)6-10-9(11)4-5-16-10/h6,13H,1-5H2,(H,14,15). The molecule has 0 atom stereocenters. The molecular formula is C12H13NO3. The molecule has 4 nitrogen and oxygen atoms in total. The fraction of sp³-hybridized carbons (Fsp3) is 0.417. The van der Waals surface area contributed by atoms with Gasteiger partial charge >= 0.3 is 6.09 Å². The highest BCUT2D eigenvalue weighted by Crippen LogP contribution is 2.40. The normalized spacial score (nSPS) is 16.5. The first-order valence-electron chi connectivity index (χ1n) is 5.56. The van der Waals surface area contributed by atoms with E-state index in [1.165, 1.54) is 11.1 Å². The van der Waals surface area contributed by atoms with Gasteiger partial charge < -0.3 is 9.84 Å².